The van der Waals surface area contributed by atoms with Gasteiger partial charge in [-0.25, -0.2) is 13.4 Å². The van der Waals surface area contributed by atoms with E-state index in [-0.39, 0.29) is 5.75 Å². The molecule has 0 bridgehead atoms. The molecule has 0 radical (unpaired) electrons. The Morgan fingerprint density at radius 2 is 1.79 bits per heavy atom. The van der Waals surface area contributed by atoms with Crippen molar-refractivity contribution in [3.8, 4) is 5.75 Å². The molecule has 0 unspecified atom stereocenters. The molecular weight excluding hydrogens is 378 g/mol. The smallest absolute Gasteiger partial charge is 0.227 e. The van der Waals surface area contributed by atoms with E-state index < -0.39 is 10.0 Å². The number of hydrogen-bond donors (Lipinski definition) is 1. The molecule has 0 saturated carbocycles. The number of methoxy groups -OCH3 is 1. The predicted molar refractivity (Wildman–Crippen MR) is 111 cm³/mol. The summed E-state index contributed by atoms with van der Waals surface area (Å²) in [5.74, 6) is 2.31. The predicted octanol–water partition coefficient (Wildman–Crippen LogP) is 2.40. The van der Waals surface area contributed by atoms with Gasteiger partial charge >= 0.3 is 0 Å². The van der Waals surface area contributed by atoms with Crippen molar-refractivity contribution in [1.82, 2.24) is 14.3 Å². The Balaban J connectivity index is 1.70. The first-order chi connectivity index (χ1) is 13.4. The lowest BCUT2D eigenvalue weighted by atomic mass is 10.3. The van der Waals surface area contributed by atoms with Gasteiger partial charge in [0.1, 0.15) is 11.6 Å². The Hall–Kier alpha value is -2.39. The maximum Gasteiger partial charge on any atom is 0.227 e. The molecule has 3 rings (SSSR count). The molecule has 0 atom stereocenters. The summed E-state index contributed by atoms with van der Waals surface area (Å²) in [5.41, 5.74) is 1.75. The largest absolute Gasteiger partial charge is 0.497 e. The lowest BCUT2D eigenvalue weighted by Gasteiger charge is -2.34. The van der Waals surface area contributed by atoms with Crippen LogP contribution in [-0.4, -0.2) is 61.7 Å². The zero-order valence-electron chi connectivity index (χ0n) is 16.6. The first-order valence-electron chi connectivity index (χ1n) is 9.41. The fourth-order valence-electron chi connectivity index (χ4n) is 3.13. The van der Waals surface area contributed by atoms with Crippen molar-refractivity contribution in [2.75, 3.05) is 49.3 Å². The van der Waals surface area contributed by atoms with E-state index in [1.54, 1.807) is 11.4 Å². The molecule has 1 aliphatic rings. The van der Waals surface area contributed by atoms with Crippen LogP contribution in [0.4, 0.5) is 17.5 Å². The highest BCUT2D eigenvalue weighted by Crippen LogP contribution is 2.22. The van der Waals surface area contributed by atoms with Crippen molar-refractivity contribution in [3.63, 3.8) is 0 Å². The molecule has 0 aliphatic carbocycles. The van der Waals surface area contributed by atoms with Crippen LogP contribution < -0.4 is 15.0 Å². The van der Waals surface area contributed by atoms with E-state index in [0.29, 0.717) is 44.4 Å². The molecule has 1 saturated heterocycles. The summed E-state index contributed by atoms with van der Waals surface area (Å²) < 4.78 is 31.2. The number of nitrogens with one attached hydrogen (secondary N) is 1. The van der Waals surface area contributed by atoms with Gasteiger partial charge in [0, 0.05) is 43.6 Å². The van der Waals surface area contributed by atoms with E-state index in [4.69, 9.17) is 4.74 Å². The number of sulfonamides is 1. The highest BCUT2D eigenvalue weighted by atomic mass is 32.2. The van der Waals surface area contributed by atoms with Crippen molar-refractivity contribution >= 4 is 27.5 Å². The Kier molecular flexibility index (Phi) is 6.35. The SMILES string of the molecule is CCCS(=O)(=O)N1CCN(c2nc(C)cc(Nc3ccc(OC)cc3)n2)CC1. The number of aromatic nitrogens is 2. The lowest BCUT2D eigenvalue weighted by molar-refractivity contribution is 0.382. The number of benzene rings is 1. The molecule has 0 amide bonds. The molecule has 9 heteroatoms. The zero-order chi connectivity index (χ0) is 20.1. The number of piperazine rings is 1. The van der Waals surface area contributed by atoms with Crippen LogP contribution >= 0.6 is 0 Å². The van der Waals surface area contributed by atoms with Crippen LogP contribution in [0.25, 0.3) is 0 Å². The minimum Gasteiger partial charge on any atom is -0.497 e. The van der Waals surface area contributed by atoms with Gasteiger partial charge in [-0.1, -0.05) is 6.92 Å². The summed E-state index contributed by atoms with van der Waals surface area (Å²) in [6.45, 7) is 5.88. The van der Waals surface area contributed by atoms with Crippen LogP contribution in [-0.2, 0) is 10.0 Å². The standard InChI is InChI=1S/C19H27N5O3S/c1-4-13-28(25,26)24-11-9-23(10-12-24)19-20-15(2)14-18(22-19)21-16-5-7-17(27-3)8-6-16/h5-8,14H,4,9-13H2,1-3H3,(H,20,21,22). The number of hydrogen-bond acceptors (Lipinski definition) is 7. The molecule has 152 valence electrons. The second-order valence-electron chi connectivity index (χ2n) is 6.75. The van der Waals surface area contributed by atoms with Crippen LogP contribution in [0.15, 0.2) is 30.3 Å². The van der Waals surface area contributed by atoms with E-state index in [1.165, 1.54) is 0 Å². The van der Waals surface area contributed by atoms with E-state index in [1.807, 2.05) is 49.1 Å². The van der Waals surface area contributed by atoms with Gasteiger partial charge in [0.2, 0.25) is 16.0 Å². The number of rotatable bonds is 7. The number of nitrogens with zero attached hydrogens (tertiary/aromatic N) is 4. The van der Waals surface area contributed by atoms with Crippen LogP contribution in [0.2, 0.25) is 0 Å². The molecule has 28 heavy (non-hydrogen) atoms. The topological polar surface area (TPSA) is 87.7 Å². The number of anilines is 3. The minimum atomic E-state index is -3.16. The second-order valence-corrected chi connectivity index (χ2v) is 8.84. The van der Waals surface area contributed by atoms with E-state index in [9.17, 15) is 8.42 Å². The Morgan fingerprint density at radius 3 is 2.39 bits per heavy atom. The first kappa shape index (κ1) is 20.3. The van der Waals surface area contributed by atoms with Gasteiger partial charge in [-0.15, -0.1) is 0 Å². The molecule has 1 aromatic carbocycles. The molecule has 8 nitrogen and oxygen atoms in total. The summed E-state index contributed by atoms with van der Waals surface area (Å²) in [6.07, 6.45) is 0.629. The first-order valence-corrected chi connectivity index (χ1v) is 11.0. The van der Waals surface area contributed by atoms with Gasteiger partial charge in [0.25, 0.3) is 0 Å². The van der Waals surface area contributed by atoms with E-state index in [2.05, 4.69) is 15.3 Å². The summed E-state index contributed by atoms with van der Waals surface area (Å²) in [4.78, 5) is 11.2. The summed E-state index contributed by atoms with van der Waals surface area (Å²) >= 11 is 0. The third-order valence-electron chi connectivity index (χ3n) is 4.58. The molecule has 2 heterocycles. The van der Waals surface area contributed by atoms with Crippen molar-refractivity contribution in [2.24, 2.45) is 0 Å². The number of aryl methyl sites for hydroxylation is 1. The monoisotopic (exact) mass is 405 g/mol. The quantitative estimate of drug-likeness (QED) is 0.757. The highest BCUT2D eigenvalue weighted by Gasteiger charge is 2.27. The fraction of sp³-hybridized carbons (Fsp3) is 0.474. The van der Waals surface area contributed by atoms with Gasteiger partial charge < -0.3 is 15.0 Å². The van der Waals surface area contributed by atoms with Gasteiger partial charge in [-0.05, 0) is 37.6 Å². The third-order valence-corrected chi connectivity index (χ3v) is 6.66. The molecule has 2 aromatic rings. The van der Waals surface area contributed by atoms with Gasteiger partial charge in [0.15, 0.2) is 0 Å². The second kappa shape index (κ2) is 8.74. The summed E-state index contributed by atoms with van der Waals surface area (Å²) in [6, 6.07) is 9.50. The molecule has 0 spiro atoms. The highest BCUT2D eigenvalue weighted by molar-refractivity contribution is 7.89. The van der Waals surface area contributed by atoms with E-state index >= 15 is 0 Å². The van der Waals surface area contributed by atoms with Crippen molar-refractivity contribution in [3.05, 3.63) is 36.0 Å². The Bertz CT molecular complexity index is 894. The van der Waals surface area contributed by atoms with E-state index in [0.717, 1.165) is 17.1 Å². The fourth-order valence-corrected chi connectivity index (χ4v) is 4.63. The maximum atomic E-state index is 12.2. The van der Waals surface area contributed by atoms with Crippen molar-refractivity contribution < 1.29 is 13.2 Å². The van der Waals surface area contributed by atoms with Crippen LogP contribution in [0.3, 0.4) is 0 Å². The molecule has 1 aromatic heterocycles. The molecular formula is C19H27N5O3S. The Morgan fingerprint density at radius 1 is 1.11 bits per heavy atom. The average molecular weight is 406 g/mol. The average Bonchev–Trinajstić information content (AvgIpc) is 2.68. The number of ether oxygens (including phenoxy) is 1. The zero-order valence-corrected chi connectivity index (χ0v) is 17.4. The van der Waals surface area contributed by atoms with Crippen LogP contribution in [0.5, 0.6) is 5.75 Å². The molecule has 1 fully saturated rings. The third kappa shape index (κ3) is 4.90. The van der Waals surface area contributed by atoms with Crippen LogP contribution in [0.1, 0.15) is 19.0 Å². The Labute approximate surface area is 166 Å². The van der Waals surface area contributed by atoms with Gasteiger partial charge in [-0.2, -0.15) is 9.29 Å². The van der Waals surface area contributed by atoms with Crippen molar-refractivity contribution in [1.29, 1.82) is 0 Å². The van der Waals surface area contributed by atoms with Gasteiger partial charge in [-0.3, -0.25) is 0 Å². The normalized spacial score (nSPS) is 15.5. The lowest BCUT2D eigenvalue weighted by Crippen LogP contribution is -2.49. The summed E-state index contributed by atoms with van der Waals surface area (Å²) in [7, 11) is -1.52. The molecule has 1 N–H and O–H groups in total. The van der Waals surface area contributed by atoms with Crippen LogP contribution in [0, 0.1) is 6.92 Å². The van der Waals surface area contributed by atoms with Crippen molar-refractivity contribution in [2.45, 2.75) is 20.3 Å². The molecule has 1 aliphatic heterocycles. The summed E-state index contributed by atoms with van der Waals surface area (Å²) in [5, 5.41) is 3.29. The minimum absolute atomic E-state index is 0.198. The maximum absolute atomic E-state index is 12.2. The van der Waals surface area contributed by atoms with Gasteiger partial charge in [0.05, 0.1) is 12.9 Å².